The number of hydrogen-bond donors (Lipinski definition) is 3. The van der Waals surface area contributed by atoms with Gasteiger partial charge in [-0.05, 0) is 30.9 Å². The summed E-state index contributed by atoms with van der Waals surface area (Å²) in [5, 5.41) is 12.7. The fourth-order valence-corrected chi connectivity index (χ4v) is 2.35. The third-order valence-electron chi connectivity index (χ3n) is 3.49. The Bertz CT molecular complexity index is 431. The normalized spacial score (nSPS) is 23.6. The number of nitrogens with one attached hydrogen (secondary N) is 1. The Kier molecular flexibility index (Phi) is 3.22. The summed E-state index contributed by atoms with van der Waals surface area (Å²) in [6.45, 7) is 2.14. The number of phenols is 1. The summed E-state index contributed by atoms with van der Waals surface area (Å²) >= 11 is 0. The van der Waals surface area contributed by atoms with E-state index in [-0.39, 0.29) is 28.9 Å². The third-order valence-corrected chi connectivity index (χ3v) is 3.49. The molecule has 92 valence electrons. The molecule has 1 aliphatic rings. The van der Waals surface area contributed by atoms with E-state index in [9.17, 15) is 9.90 Å². The molecule has 0 aromatic heterocycles. The molecule has 1 aromatic rings. The Morgan fingerprint density at radius 1 is 1.47 bits per heavy atom. The van der Waals surface area contributed by atoms with Crippen molar-refractivity contribution in [3.05, 3.63) is 23.8 Å². The number of para-hydroxylation sites is 1. The predicted molar refractivity (Wildman–Crippen MR) is 66.8 cm³/mol. The SMILES string of the molecule is CC1CCCC1NC(=O)c1cccc(N)c1O. The van der Waals surface area contributed by atoms with E-state index >= 15 is 0 Å². The van der Waals surface area contributed by atoms with Crippen LogP contribution in [-0.2, 0) is 0 Å². The number of aromatic hydroxyl groups is 1. The summed E-state index contributed by atoms with van der Waals surface area (Å²) in [5.41, 5.74) is 6.05. The zero-order chi connectivity index (χ0) is 12.4. The van der Waals surface area contributed by atoms with Crippen molar-refractivity contribution in [3.63, 3.8) is 0 Å². The first kappa shape index (κ1) is 11.8. The molecule has 1 aliphatic carbocycles. The van der Waals surface area contributed by atoms with E-state index in [4.69, 9.17) is 5.73 Å². The molecule has 4 N–H and O–H groups in total. The van der Waals surface area contributed by atoms with Crippen molar-refractivity contribution in [1.29, 1.82) is 0 Å². The van der Waals surface area contributed by atoms with Crippen LogP contribution in [0.25, 0.3) is 0 Å². The van der Waals surface area contributed by atoms with Gasteiger partial charge in [0.05, 0.1) is 11.3 Å². The van der Waals surface area contributed by atoms with Gasteiger partial charge in [-0.15, -0.1) is 0 Å². The van der Waals surface area contributed by atoms with Gasteiger partial charge < -0.3 is 16.2 Å². The fraction of sp³-hybridized carbons (Fsp3) is 0.462. The summed E-state index contributed by atoms with van der Waals surface area (Å²) in [6.07, 6.45) is 3.30. The van der Waals surface area contributed by atoms with Crippen LogP contribution in [0.3, 0.4) is 0 Å². The monoisotopic (exact) mass is 234 g/mol. The molecule has 0 heterocycles. The van der Waals surface area contributed by atoms with Crippen molar-refractivity contribution in [2.45, 2.75) is 32.2 Å². The Hall–Kier alpha value is -1.71. The Morgan fingerprint density at radius 2 is 2.24 bits per heavy atom. The highest BCUT2D eigenvalue weighted by Gasteiger charge is 2.26. The van der Waals surface area contributed by atoms with E-state index < -0.39 is 0 Å². The molecule has 0 bridgehead atoms. The molecule has 0 spiro atoms. The average Bonchev–Trinajstić information content (AvgIpc) is 2.68. The maximum absolute atomic E-state index is 12.0. The summed E-state index contributed by atoms with van der Waals surface area (Å²) in [4.78, 5) is 12.0. The van der Waals surface area contributed by atoms with Crippen molar-refractivity contribution in [2.24, 2.45) is 5.92 Å². The molecule has 17 heavy (non-hydrogen) atoms. The Balaban J connectivity index is 2.12. The highest BCUT2D eigenvalue weighted by Crippen LogP contribution is 2.27. The van der Waals surface area contributed by atoms with Crippen LogP contribution in [0.1, 0.15) is 36.5 Å². The number of nitrogens with two attached hydrogens (primary N) is 1. The van der Waals surface area contributed by atoms with Gasteiger partial charge in [-0.2, -0.15) is 0 Å². The van der Waals surface area contributed by atoms with Gasteiger partial charge >= 0.3 is 0 Å². The second-order valence-electron chi connectivity index (χ2n) is 4.73. The van der Waals surface area contributed by atoms with Crippen molar-refractivity contribution < 1.29 is 9.90 Å². The van der Waals surface area contributed by atoms with Gasteiger partial charge in [-0.3, -0.25) is 4.79 Å². The molecule has 1 fully saturated rings. The molecule has 1 amide bonds. The molecule has 2 rings (SSSR count). The number of nitrogen functional groups attached to an aromatic ring is 1. The zero-order valence-corrected chi connectivity index (χ0v) is 9.94. The Labute approximate surface area is 101 Å². The average molecular weight is 234 g/mol. The van der Waals surface area contributed by atoms with Gasteiger partial charge in [0.1, 0.15) is 0 Å². The first-order valence-corrected chi connectivity index (χ1v) is 5.98. The number of hydrogen-bond acceptors (Lipinski definition) is 3. The van der Waals surface area contributed by atoms with E-state index in [0.717, 1.165) is 19.3 Å². The van der Waals surface area contributed by atoms with Gasteiger partial charge in [0.25, 0.3) is 5.91 Å². The maximum atomic E-state index is 12.0. The topological polar surface area (TPSA) is 75.4 Å². The van der Waals surface area contributed by atoms with Crippen LogP contribution in [0.15, 0.2) is 18.2 Å². The van der Waals surface area contributed by atoms with Crippen LogP contribution >= 0.6 is 0 Å². The molecule has 0 saturated heterocycles. The number of amides is 1. The minimum Gasteiger partial charge on any atom is -0.505 e. The van der Waals surface area contributed by atoms with Crippen molar-refractivity contribution in [3.8, 4) is 5.75 Å². The number of anilines is 1. The van der Waals surface area contributed by atoms with Crippen LogP contribution in [0, 0.1) is 5.92 Å². The molecule has 4 heteroatoms. The van der Waals surface area contributed by atoms with E-state index in [0.29, 0.717) is 5.92 Å². The number of carbonyl (C=O) groups excluding carboxylic acids is 1. The second-order valence-corrected chi connectivity index (χ2v) is 4.73. The molecule has 1 saturated carbocycles. The third kappa shape index (κ3) is 2.35. The fourth-order valence-electron chi connectivity index (χ4n) is 2.35. The number of carbonyl (C=O) groups is 1. The van der Waals surface area contributed by atoms with E-state index in [1.165, 1.54) is 0 Å². The predicted octanol–water partition coefficient (Wildman–Crippen LogP) is 1.89. The summed E-state index contributed by atoms with van der Waals surface area (Å²) < 4.78 is 0. The molecule has 0 aliphatic heterocycles. The lowest BCUT2D eigenvalue weighted by atomic mass is 10.1. The molecular weight excluding hydrogens is 216 g/mol. The first-order chi connectivity index (χ1) is 8.09. The van der Waals surface area contributed by atoms with Crippen molar-refractivity contribution in [2.75, 3.05) is 5.73 Å². The van der Waals surface area contributed by atoms with E-state index in [1.807, 2.05) is 0 Å². The maximum Gasteiger partial charge on any atom is 0.255 e. The first-order valence-electron chi connectivity index (χ1n) is 5.98. The van der Waals surface area contributed by atoms with Gasteiger partial charge in [0.15, 0.2) is 5.75 Å². The lowest BCUT2D eigenvalue weighted by molar-refractivity contribution is 0.0927. The smallest absolute Gasteiger partial charge is 0.255 e. The van der Waals surface area contributed by atoms with Crippen molar-refractivity contribution in [1.82, 2.24) is 5.32 Å². The molecule has 2 atom stereocenters. The van der Waals surface area contributed by atoms with Gasteiger partial charge in [-0.25, -0.2) is 0 Å². The lowest BCUT2D eigenvalue weighted by Gasteiger charge is -2.17. The van der Waals surface area contributed by atoms with Crippen LogP contribution in [0.4, 0.5) is 5.69 Å². The van der Waals surface area contributed by atoms with Crippen LogP contribution < -0.4 is 11.1 Å². The van der Waals surface area contributed by atoms with Crippen LogP contribution in [0.2, 0.25) is 0 Å². The standard InChI is InChI=1S/C13H18N2O2/c1-8-4-2-7-11(8)15-13(17)9-5-3-6-10(14)12(9)16/h3,5-6,8,11,16H,2,4,7,14H2,1H3,(H,15,17). The van der Waals surface area contributed by atoms with Crippen molar-refractivity contribution >= 4 is 11.6 Å². The Morgan fingerprint density at radius 3 is 2.88 bits per heavy atom. The van der Waals surface area contributed by atoms with Crippen LogP contribution in [0.5, 0.6) is 5.75 Å². The quantitative estimate of drug-likeness (QED) is 0.540. The highest BCUT2D eigenvalue weighted by molar-refractivity contribution is 5.98. The second kappa shape index (κ2) is 4.65. The lowest BCUT2D eigenvalue weighted by Crippen LogP contribution is -2.36. The minimum absolute atomic E-state index is 0.129. The molecule has 2 unspecified atom stereocenters. The largest absolute Gasteiger partial charge is 0.505 e. The summed E-state index contributed by atoms with van der Waals surface area (Å²) in [5.74, 6) is 0.131. The van der Waals surface area contributed by atoms with Crippen LogP contribution in [-0.4, -0.2) is 17.1 Å². The molecule has 4 nitrogen and oxygen atoms in total. The molecule has 1 aromatic carbocycles. The highest BCUT2D eigenvalue weighted by atomic mass is 16.3. The molecule has 0 radical (unpaired) electrons. The van der Waals surface area contributed by atoms with Gasteiger partial charge in [-0.1, -0.05) is 19.4 Å². The minimum atomic E-state index is -0.242. The van der Waals surface area contributed by atoms with Gasteiger partial charge in [0.2, 0.25) is 0 Å². The number of rotatable bonds is 2. The van der Waals surface area contributed by atoms with E-state index in [2.05, 4.69) is 12.2 Å². The molecular formula is C13H18N2O2. The zero-order valence-electron chi connectivity index (χ0n) is 9.94. The number of phenolic OH excluding ortho intramolecular Hbond substituents is 1. The van der Waals surface area contributed by atoms with Gasteiger partial charge in [0, 0.05) is 6.04 Å². The summed E-state index contributed by atoms with van der Waals surface area (Å²) in [7, 11) is 0. The summed E-state index contributed by atoms with van der Waals surface area (Å²) in [6, 6.07) is 5.04. The van der Waals surface area contributed by atoms with E-state index in [1.54, 1.807) is 18.2 Å². The number of benzene rings is 1.